The number of nitrogens with one attached hydrogen (secondary N) is 1. The average molecular weight is 372 g/mol. The van der Waals surface area contributed by atoms with Gasteiger partial charge in [-0.15, -0.1) is 0 Å². The van der Waals surface area contributed by atoms with E-state index in [1.54, 1.807) is 0 Å². The van der Waals surface area contributed by atoms with E-state index >= 15 is 0 Å². The number of cyclic esters (lactones) is 1. The third-order valence-electron chi connectivity index (χ3n) is 3.66. The van der Waals surface area contributed by atoms with Crippen LogP contribution in [-0.2, 0) is 4.74 Å². The predicted octanol–water partition coefficient (Wildman–Crippen LogP) is 3.23. The first kappa shape index (κ1) is 15.8. The minimum atomic E-state index is -0.340. The maximum atomic E-state index is 11.7. The SMILES string of the molecule is O=C1N[C@@H](c2ccccc2)C[C@H](/C=C/C[Se]c2ccccc2)O1. The summed E-state index contributed by atoms with van der Waals surface area (Å²) in [6.45, 7) is 0. The van der Waals surface area contributed by atoms with Crippen LogP contribution in [0.2, 0.25) is 5.32 Å². The zero-order chi connectivity index (χ0) is 15.9. The van der Waals surface area contributed by atoms with Gasteiger partial charge in [0.2, 0.25) is 0 Å². The van der Waals surface area contributed by atoms with Crippen LogP contribution in [0.5, 0.6) is 0 Å². The van der Waals surface area contributed by atoms with Gasteiger partial charge in [-0.05, 0) is 0 Å². The van der Waals surface area contributed by atoms with Crippen molar-refractivity contribution in [2.75, 3.05) is 0 Å². The van der Waals surface area contributed by atoms with Gasteiger partial charge in [0.05, 0.1) is 0 Å². The van der Waals surface area contributed by atoms with Crippen molar-refractivity contribution in [3.8, 4) is 0 Å². The molecule has 0 saturated carbocycles. The summed E-state index contributed by atoms with van der Waals surface area (Å²) in [5, 5.41) is 3.90. The Morgan fingerprint density at radius 2 is 1.78 bits per heavy atom. The van der Waals surface area contributed by atoms with Crippen molar-refractivity contribution in [3.05, 3.63) is 78.4 Å². The van der Waals surface area contributed by atoms with E-state index in [2.05, 4.69) is 35.7 Å². The number of ether oxygens (including phenoxy) is 1. The number of alkyl carbamates (subject to hydrolysis) is 1. The van der Waals surface area contributed by atoms with Crippen molar-refractivity contribution in [2.45, 2.75) is 23.9 Å². The zero-order valence-electron chi connectivity index (χ0n) is 12.7. The molecule has 2 aromatic carbocycles. The third kappa shape index (κ3) is 4.72. The minimum absolute atomic E-state index is 0.0201. The Hall–Kier alpha value is -2.03. The Morgan fingerprint density at radius 1 is 1.09 bits per heavy atom. The number of benzene rings is 2. The monoisotopic (exact) mass is 373 g/mol. The second-order valence-corrected chi connectivity index (χ2v) is 7.63. The van der Waals surface area contributed by atoms with Crippen LogP contribution in [0, 0.1) is 0 Å². The molecule has 1 saturated heterocycles. The van der Waals surface area contributed by atoms with Crippen LogP contribution in [0.1, 0.15) is 18.0 Å². The molecule has 0 spiro atoms. The van der Waals surface area contributed by atoms with E-state index in [1.165, 1.54) is 4.46 Å². The summed E-state index contributed by atoms with van der Waals surface area (Å²) >= 11 is 0.424. The van der Waals surface area contributed by atoms with E-state index < -0.39 is 0 Å². The van der Waals surface area contributed by atoms with E-state index in [4.69, 9.17) is 4.74 Å². The standard InChI is InChI=1S/C19H19NO2Se/c21-19-20-18(15-8-3-1-4-9-15)14-16(22-19)10-7-13-23-17-11-5-2-6-12-17/h1-12,16,18H,13-14H2,(H,20,21)/b10-7+/t16-,18+/m0/s1. The molecule has 1 aliphatic heterocycles. The summed E-state index contributed by atoms with van der Waals surface area (Å²) in [6.07, 6.45) is 4.44. The number of carbonyl (C=O) groups excluding carboxylic acids is 1. The van der Waals surface area contributed by atoms with E-state index in [9.17, 15) is 4.79 Å². The second-order valence-electron chi connectivity index (χ2n) is 5.34. The molecule has 0 aliphatic carbocycles. The van der Waals surface area contributed by atoms with Crippen molar-refractivity contribution in [2.24, 2.45) is 0 Å². The summed E-state index contributed by atoms with van der Waals surface area (Å²) in [7, 11) is 0. The van der Waals surface area contributed by atoms with E-state index in [0.29, 0.717) is 15.0 Å². The van der Waals surface area contributed by atoms with Crippen LogP contribution in [0.15, 0.2) is 72.8 Å². The number of rotatable bonds is 5. The Kier molecular flexibility index (Phi) is 5.51. The molecular formula is C19H19NO2Se. The molecule has 3 nitrogen and oxygen atoms in total. The summed E-state index contributed by atoms with van der Waals surface area (Å²) in [4.78, 5) is 11.7. The molecule has 0 bridgehead atoms. The third-order valence-corrected chi connectivity index (χ3v) is 5.68. The quantitative estimate of drug-likeness (QED) is 0.647. The first-order valence-corrected chi connectivity index (χ1v) is 9.74. The molecule has 1 amide bonds. The van der Waals surface area contributed by atoms with Crippen molar-refractivity contribution in [1.82, 2.24) is 5.32 Å². The Bertz CT molecular complexity index is 658. The fraction of sp³-hybridized carbons (Fsp3) is 0.211. The molecule has 1 aliphatic rings. The van der Waals surface area contributed by atoms with Crippen molar-refractivity contribution < 1.29 is 9.53 Å². The van der Waals surface area contributed by atoms with Gasteiger partial charge < -0.3 is 0 Å². The number of hydrogen-bond acceptors (Lipinski definition) is 2. The molecule has 1 heterocycles. The van der Waals surface area contributed by atoms with Crippen LogP contribution in [-0.4, -0.2) is 27.2 Å². The van der Waals surface area contributed by atoms with Crippen molar-refractivity contribution >= 4 is 25.5 Å². The molecule has 118 valence electrons. The molecule has 1 fully saturated rings. The molecule has 23 heavy (non-hydrogen) atoms. The Balaban J connectivity index is 1.55. The molecule has 3 rings (SSSR count). The molecule has 0 radical (unpaired) electrons. The van der Waals surface area contributed by atoms with E-state index in [-0.39, 0.29) is 18.2 Å². The van der Waals surface area contributed by atoms with Crippen LogP contribution in [0.25, 0.3) is 0 Å². The van der Waals surface area contributed by atoms with Crippen LogP contribution in [0.4, 0.5) is 4.79 Å². The summed E-state index contributed by atoms with van der Waals surface area (Å²) in [5.74, 6) is 0. The molecular weight excluding hydrogens is 353 g/mol. The Morgan fingerprint density at radius 3 is 2.52 bits per heavy atom. The fourth-order valence-electron chi connectivity index (χ4n) is 2.54. The first-order chi connectivity index (χ1) is 11.3. The number of allylic oxidation sites excluding steroid dienone is 1. The number of hydrogen-bond donors (Lipinski definition) is 1. The molecule has 4 heteroatoms. The molecule has 1 N–H and O–H groups in total. The molecule has 2 atom stereocenters. The van der Waals surface area contributed by atoms with Crippen LogP contribution in [0.3, 0.4) is 0 Å². The molecule has 0 aromatic heterocycles. The maximum absolute atomic E-state index is 11.7. The van der Waals surface area contributed by atoms with Crippen molar-refractivity contribution in [3.63, 3.8) is 0 Å². The molecule has 2 aromatic rings. The predicted molar refractivity (Wildman–Crippen MR) is 93.0 cm³/mol. The summed E-state index contributed by atoms with van der Waals surface area (Å²) < 4.78 is 6.74. The van der Waals surface area contributed by atoms with Gasteiger partial charge >= 0.3 is 143 Å². The second kappa shape index (κ2) is 8.00. The number of carbonyl (C=O) groups is 1. The fourth-order valence-corrected chi connectivity index (χ4v) is 4.12. The van der Waals surface area contributed by atoms with Gasteiger partial charge in [-0.3, -0.25) is 0 Å². The first-order valence-electron chi connectivity index (χ1n) is 7.68. The van der Waals surface area contributed by atoms with E-state index in [1.807, 2.05) is 42.5 Å². The van der Waals surface area contributed by atoms with Crippen LogP contribution < -0.4 is 9.78 Å². The normalized spacial score (nSPS) is 21.0. The van der Waals surface area contributed by atoms with Gasteiger partial charge in [0.25, 0.3) is 0 Å². The Labute approximate surface area is 142 Å². The van der Waals surface area contributed by atoms with Gasteiger partial charge in [0.1, 0.15) is 0 Å². The van der Waals surface area contributed by atoms with Gasteiger partial charge in [-0.2, -0.15) is 0 Å². The van der Waals surface area contributed by atoms with Gasteiger partial charge in [0, 0.05) is 0 Å². The summed E-state index contributed by atoms with van der Waals surface area (Å²) in [5.41, 5.74) is 1.12. The van der Waals surface area contributed by atoms with Crippen LogP contribution >= 0.6 is 0 Å². The van der Waals surface area contributed by atoms with Crippen molar-refractivity contribution in [1.29, 1.82) is 0 Å². The van der Waals surface area contributed by atoms with Gasteiger partial charge in [-0.25, -0.2) is 0 Å². The van der Waals surface area contributed by atoms with E-state index in [0.717, 1.165) is 17.3 Å². The topological polar surface area (TPSA) is 38.3 Å². The summed E-state index contributed by atoms with van der Waals surface area (Å²) in [6, 6.07) is 20.5. The van der Waals surface area contributed by atoms with Gasteiger partial charge in [0.15, 0.2) is 0 Å². The number of amides is 1. The average Bonchev–Trinajstić information content (AvgIpc) is 2.60. The van der Waals surface area contributed by atoms with Gasteiger partial charge in [-0.1, -0.05) is 0 Å². The zero-order valence-corrected chi connectivity index (χ0v) is 14.4. The molecule has 0 unspecified atom stereocenters.